The van der Waals surface area contributed by atoms with E-state index in [-0.39, 0.29) is 6.42 Å². The summed E-state index contributed by atoms with van der Waals surface area (Å²) in [6.45, 7) is 7.35. The molecule has 0 heterocycles. The Labute approximate surface area is 134 Å². The molecule has 0 saturated carbocycles. The van der Waals surface area contributed by atoms with Crippen LogP contribution in [-0.4, -0.2) is 43.9 Å². The van der Waals surface area contributed by atoms with Gasteiger partial charge >= 0.3 is 20.5 Å². The zero-order chi connectivity index (χ0) is 17.0. The van der Waals surface area contributed by atoms with Crippen molar-refractivity contribution in [3.8, 4) is 0 Å². The number of carboxylic acid groups (broad SMARTS) is 2. The van der Waals surface area contributed by atoms with Gasteiger partial charge in [0.2, 0.25) is 0 Å². The van der Waals surface area contributed by atoms with Crippen LogP contribution in [0.3, 0.4) is 0 Å². The lowest BCUT2D eigenvalue weighted by atomic mass is 9.98. The molecule has 0 radical (unpaired) electrons. The maximum Gasteiger partial charge on any atom is 0.334 e. The van der Waals surface area contributed by atoms with Crippen molar-refractivity contribution in [3.05, 3.63) is 0 Å². The van der Waals surface area contributed by atoms with Gasteiger partial charge in [0.05, 0.1) is 12.3 Å². The molecule has 1 unspecified atom stereocenters. The van der Waals surface area contributed by atoms with Crippen LogP contribution in [0.2, 0.25) is 12.6 Å². The summed E-state index contributed by atoms with van der Waals surface area (Å²) in [6.07, 6.45) is 3.77. The van der Waals surface area contributed by atoms with E-state index in [0.717, 1.165) is 31.7 Å². The highest BCUT2D eigenvalue weighted by molar-refractivity contribution is 6.66. The molecular formula is C15H30O6Si. The number of aliphatic carboxylic acids is 2. The van der Waals surface area contributed by atoms with Crippen LogP contribution in [0.15, 0.2) is 0 Å². The molecule has 0 saturated heterocycles. The Kier molecular flexibility index (Phi) is 11.1. The predicted octanol–water partition coefficient (Wildman–Crippen LogP) is 3.26. The summed E-state index contributed by atoms with van der Waals surface area (Å²) in [6, 6.07) is 0.937. The van der Waals surface area contributed by atoms with Crippen molar-refractivity contribution in [3.63, 3.8) is 0 Å². The molecule has 0 aliphatic carbocycles. The summed E-state index contributed by atoms with van der Waals surface area (Å²) in [7, 11) is -2.04. The fourth-order valence-electron chi connectivity index (χ4n) is 2.51. The molecule has 130 valence electrons. The molecule has 0 aromatic heterocycles. The number of carboxylic acids is 2. The monoisotopic (exact) mass is 334 g/mol. The van der Waals surface area contributed by atoms with E-state index >= 15 is 0 Å². The van der Waals surface area contributed by atoms with Crippen LogP contribution >= 0.6 is 0 Å². The smallest absolute Gasteiger partial charge is 0.334 e. The molecule has 0 spiro atoms. The van der Waals surface area contributed by atoms with Crippen molar-refractivity contribution in [1.29, 1.82) is 0 Å². The van der Waals surface area contributed by atoms with Crippen molar-refractivity contribution in [2.24, 2.45) is 5.92 Å². The largest absolute Gasteiger partial charge is 0.481 e. The highest BCUT2D eigenvalue weighted by Crippen LogP contribution is 2.20. The Morgan fingerprint density at radius 1 is 1.00 bits per heavy atom. The first-order chi connectivity index (χ1) is 10.3. The van der Waals surface area contributed by atoms with Crippen molar-refractivity contribution < 1.29 is 28.7 Å². The Morgan fingerprint density at radius 3 is 2.00 bits per heavy atom. The average molecular weight is 334 g/mol. The zero-order valence-electron chi connectivity index (χ0n) is 14.0. The van der Waals surface area contributed by atoms with E-state index in [1.165, 1.54) is 0 Å². The van der Waals surface area contributed by atoms with E-state index in [0.29, 0.717) is 19.6 Å². The number of hydrogen-bond donors (Lipinski definition) is 2. The van der Waals surface area contributed by atoms with Gasteiger partial charge in [-0.05, 0) is 32.9 Å². The maximum absolute atomic E-state index is 10.9. The Bertz CT molecular complexity index is 328. The van der Waals surface area contributed by atoms with E-state index < -0.39 is 26.4 Å². The molecule has 0 rings (SSSR count). The second kappa shape index (κ2) is 11.6. The van der Waals surface area contributed by atoms with Gasteiger partial charge in [0.25, 0.3) is 0 Å². The average Bonchev–Trinajstić information content (AvgIpc) is 2.41. The van der Waals surface area contributed by atoms with Crippen LogP contribution in [0.1, 0.15) is 52.4 Å². The van der Waals surface area contributed by atoms with E-state index in [1.54, 1.807) is 0 Å². The minimum absolute atomic E-state index is 0.297. The van der Waals surface area contributed by atoms with Crippen molar-refractivity contribution in [2.75, 3.05) is 13.2 Å². The van der Waals surface area contributed by atoms with Crippen LogP contribution in [0.5, 0.6) is 0 Å². The van der Waals surface area contributed by atoms with Gasteiger partial charge < -0.3 is 19.1 Å². The lowest BCUT2D eigenvalue weighted by Crippen LogP contribution is -2.38. The quantitative estimate of drug-likeness (QED) is 0.374. The summed E-state index contributed by atoms with van der Waals surface area (Å²) < 4.78 is 11.5. The molecule has 0 fully saturated rings. The normalized spacial score (nSPS) is 13.0. The summed E-state index contributed by atoms with van der Waals surface area (Å²) in [5, 5.41) is 17.6. The summed E-state index contributed by atoms with van der Waals surface area (Å²) in [5.74, 6) is -2.85. The van der Waals surface area contributed by atoms with Crippen LogP contribution in [0.4, 0.5) is 0 Å². The number of carbonyl (C=O) groups is 2. The van der Waals surface area contributed by atoms with Gasteiger partial charge in [-0.15, -0.1) is 0 Å². The van der Waals surface area contributed by atoms with Gasteiger partial charge in [0.1, 0.15) is 0 Å². The predicted molar refractivity (Wildman–Crippen MR) is 86.1 cm³/mol. The molecular weight excluding hydrogens is 304 g/mol. The number of rotatable bonds is 14. The van der Waals surface area contributed by atoms with E-state index in [9.17, 15) is 9.59 Å². The summed E-state index contributed by atoms with van der Waals surface area (Å²) in [4.78, 5) is 21.5. The van der Waals surface area contributed by atoms with Gasteiger partial charge in [0, 0.05) is 13.2 Å². The number of unbranched alkanes of at least 4 members (excludes halogenated alkanes) is 3. The molecule has 2 N–H and O–H groups in total. The van der Waals surface area contributed by atoms with Crippen molar-refractivity contribution >= 4 is 20.5 Å². The summed E-state index contributed by atoms with van der Waals surface area (Å²) in [5.41, 5.74) is 0. The van der Waals surface area contributed by atoms with Gasteiger partial charge in [0.15, 0.2) is 0 Å². The molecule has 22 heavy (non-hydrogen) atoms. The highest BCUT2D eigenvalue weighted by atomic mass is 28.4. The number of hydrogen-bond acceptors (Lipinski definition) is 4. The zero-order valence-corrected chi connectivity index (χ0v) is 15.0. The third-order valence-corrected chi connectivity index (χ3v) is 6.66. The van der Waals surface area contributed by atoms with Gasteiger partial charge in [-0.3, -0.25) is 9.59 Å². The van der Waals surface area contributed by atoms with Crippen LogP contribution < -0.4 is 0 Å². The molecule has 0 amide bonds. The van der Waals surface area contributed by atoms with Crippen LogP contribution in [-0.2, 0) is 18.4 Å². The molecule has 7 heteroatoms. The van der Waals surface area contributed by atoms with Crippen molar-refractivity contribution in [1.82, 2.24) is 0 Å². The fourth-order valence-corrected chi connectivity index (χ4v) is 5.00. The summed E-state index contributed by atoms with van der Waals surface area (Å²) >= 11 is 0. The van der Waals surface area contributed by atoms with E-state index in [4.69, 9.17) is 19.1 Å². The standard InChI is InChI=1S/C15H30O6Si/c1-4-20-22(3,21-5-2)11-9-7-6-8-10-13(15(18)19)12-14(16)17/h13H,4-12H2,1-3H3,(H,16,17)(H,18,19). The third-order valence-electron chi connectivity index (χ3n) is 3.60. The van der Waals surface area contributed by atoms with Gasteiger partial charge in [-0.1, -0.05) is 25.7 Å². The lowest BCUT2D eigenvalue weighted by Gasteiger charge is -2.25. The minimum Gasteiger partial charge on any atom is -0.481 e. The Morgan fingerprint density at radius 2 is 1.55 bits per heavy atom. The third kappa shape index (κ3) is 9.91. The molecule has 0 aromatic rings. The first kappa shape index (κ1) is 21.1. The molecule has 0 bridgehead atoms. The van der Waals surface area contributed by atoms with E-state index in [1.807, 2.05) is 13.8 Å². The molecule has 0 aliphatic rings. The fraction of sp³-hybridized carbons (Fsp3) is 0.867. The maximum atomic E-state index is 10.9. The molecule has 0 aromatic carbocycles. The lowest BCUT2D eigenvalue weighted by molar-refractivity contribution is -0.148. The Hall–Kier alpha value is -0.923. The SMILES string of the molecule is CCO[Si](C)(CCCCCCC(CC(=O)O)C(=O)O)OCC. The topological polar surface area (TPSA) is 93.1 Å². The minimum atomic E-state index is -2.04. The second-order valence-electron chi connectivity index (χ2n) is 5.59. The first-order valence-corrected chi connectivity index (χ1v) is 10.6. The molecule has 0 aliphatic heterocycles. The molecule has 6 nitrogen and oxygen atoms in total. The second-order valence-corrected chi connectivity index (χ2v) is 8.93. The van der Waals surface area contributed by atoms with Crippen LogP contribution in [0.25, 0.3) is 0 Å². The van der Waals surface area contributed by atoms with E-state index in [2.05, 4.69) is 6.55 Å². The van der Waals surface area contributed by atoms with Gasteiger partial charge in [-0.2, -0.15) is 0 Å². The van der Waals surface area contributed by atoms with Crippen molar-refractivity contribution in [2.45, 2.75) is 65.0 Å². The Balaban J connectivity index is 3.91. The first-order valence-electron chi connectivity index (χ1n) is 8.07. The molecule has 1 atom stereocenters. The highest BCUT2D eigenvalue weighted by Gasteiger charge is 2.29. The van der Waals surface area contributed by atoms with Crippen LogP contribution in [0, 0.1) is 5.92 Å². The van der Waals surface area contributed by atoms with Gasteiger partial charge in [-0.25, -0.2) is 0 Å².